The first-order chi connectivity index (χ1) is 15.6. The Hall–Kier alpha value is -3.15. The van der Waals surface area contributed by atoms with Crippen molar-refractivity contribution >= 4 is 5.91 Å². The molecule has 6 heteroatoms. The minimum Gasteiger partial charge on any atom is -0.497 e. The van der Waals surface area contributed by atoms with E-state index < -0.39 is 0 Å². The molecule has 1 fully saturated rings. The number of aromatic nitrogens is 3. The summed E-state index contributed by atoms with van der Waals surface area (Å²) in [4.78, 5) is 20.2. The zero-order chi connectivity index (χ0) is 22.1. The Kier molecular flexibility index (Phi) is 5.68. The van der Waals surface area contributed by atoms with Crippen LogP contribution in [0.5, 0.6) is 5.75 Å². The van der Waals surface area contributed by atoms with Crippen LogP contribution < -0.4 is 4.74 Å². The monoisotopic (exact) mass is 430 g/mol. The maximum absolute atomic E-state index is 13.3. The summed E-state index contributed by atoms with van der Waals surface area (Å²) in [5.74, 6) is 1.15. The lowest BCUT2D eigenvalue weighted by Crippen LogP contribution is -2.40. The molecule has 1 saturated heterocycles. The maximum atomic E-state index is 13.3. The topological polar surface area (TPSA) is 71.1 Å². The van der Waals surface area contributed by atoms with Crippen molar-refractivity contribution in [3.63, 3.8) is 0 Å². The summed E-state index contributed by atoms with van der Waals surface area (Å²) in [6.07, 6.45) is 6.28. The third kappa shape index (κ3) is 4.01. The number of fused-ring (bicyclic) bond motifs is 1. The van der Waals surface area contributed by atoms with Gasteiger partial charge in [0.25, 0.3) is 5.91 Å². The molecule has 2 aromatic heterocycles. The standard InChI is InChI=1S/C26H30N4O2/c1-17-14-20(18-9-11-21(32-2)12-10-18)15-24(27-17)19-6-5-13-30(16-19)26(31)25-22-7-3-4-8-23(22)28-29-25/h9-12,14-15,19H,3-8,13,16H2,1-2H3,(H,28,29)/t19-/m0/s1. The van der Waals surface area contributed by atoms with Crippen LogP contribution in [0.3, 0.4) is 0 Å². The number of piperidine rings is 1. The second kappa shape index (κ2) is 8.77. The number of aryl methyl sites for hydroxylation is 2. The third-order valence-corrected chi connectivity index (χ3v) is 6.78. The van der Waals surface area contributed by atoms with Gasteiger partial charge in [-0.05, 0) is 80.8 Å². The fraction of sp³-hybridized carbons (Fsp3) is 0.423. The van der Waals surface area contributed by atoms with E-state index in [9.17, 15) is 4.79 Å². The zero-order valence-corrected chi connectivity index (χ0v) is 18.9. The van der Waals surface area contributed by atoms with E-state index in [-0.39, 0.29) is 11.8 Å². The number of hydrogen-bond donors (Lipinski definition) is 1. The summed E-state index contributed by atoms with van der Waals surface area (Å²) in [7, 11) is 1.68. The molecule has 166 valence electrons. The number of H-pyrrole nitrogens is 1. The number of ether oxygens (including phenoxy) is 1. The van der Waals surface area contributed by atoms with Gasteiger partial charge < -0.3 is 9.64 Å². The number of benzene rings is 1. The quantitative estimate of drug-likeness (QED) is 0.652. The van der Waals surface area contributed by atoms with Crippen LogP contribution in [0.1, 0.15) is 64.7 Å². The number of amides is 1. The van der Waals surface area contributed by atoms with Crippen LogP contribution in [0.25, 0.3) is 11.1 Å². The van der Waals surface area contributed by atoms with Crippen LogP contribution >= 0.6 is 0 Å². The van der Waals surface area contributed by atoms with Crippen molar-refractivity contribution in [3.8, 4) is 16.9 Å². The average Bonchev–Trinajstić information content (AvgIpc) is 3.27. The molecule has 2 aliphatic rings. The molecule has 5 rings (SSSR count). The lowest BCUT2D eigenvalue weighted by Gasteiger charge is -2.32. The summed E-state index contributed by atoms with van der Waals surface area (Å²) < 4.78 is 5.29. The summed E-state index contributed by atoms with van der Waals surface area (Å²) in [6.45, 7) is 3.52. The first kappa shape index (κ1) is 20.7. The van der Waals surface area contributed by atoms with Crippen LogP contribution in [-0.4, -0.2) is 46.2 Å². The molecule has 1 N–H and O–H groups in total. The number of nitrogens with zero attached hydrogens (tertiary/aromatic N) is 3. The number of likely N-dealkylation sites (tertiary alicyclic amines) is 1. The van der Waals surface area contributed by atoms with E-state index in [2.05, 4.69) is 34.5 Å². The van der Waals surface area contributed by atoms with Gasteiger partial charge in [-0.3, -0.25) is 14.9 Å². The zero-order valence-electron chi connectivity index (χ0n) is 18.9. The first-order valence-corrected chi connectivity index (χ1v) is 11.6. The molecule has 32 heavy (non-hydrogen) atoms. The highest BCUT2D eigenvalue weighted by Crippen LogP contribution is 2.31. The molecular formula is C26H30N4O2. The molecule has 0 bridgehead atoms. The number of nitrogens with one attached hydrogen (secondary N) is 1. The molecule has 1 aromatic carbocycles. The number of carbonyl (C=O) groups excluding carboxylic acids is 1. The van der Waals surface area contributed by atoms with Crippen molar-refractivity contribution in [1.29, 1.82) is 0 Å². The Labute approximate surface area is 189 Å². The lowest BCUT2D eigenvalue weighted by molar-refractivity contribution is 0.0698. The predicted molar refractivity (Wildman–Crippen MR) is 124 cm³/mol. The fourth-order valence-corrected chi connectivity index (χ4v) is 5.06. The molecule has 3 heterocycles. The molecule has 1 amide bonds. The number of pyridine rings is 1. The van der Waals surface area contributed by atoms with Gasteiger partial charge in [0.15, 0.2) is 5.69 Å². The van der Waals surface area contributed by atoms with Crippen LogP contribution in [0.15, 0.2) is 36.4 Å². The van der Waals surface area contributed by atoms with E-state index in [0.717, 1.165) is 78.2 Å². The summed E-state index contributed by atoms with van der Waals surface area (Å²) in [6, 6.07) is 12.4. The second-order valence-corrected chi connectivity index (χ2v) is 8.98. The number of hydrogen-bond acceptors (Lipinski definition) is 4. The van der Waals surface area contributed by atoms with E-state index in [1.807, 2.05) is 24.0 Å². The predicted octanol–water partition coefficient (Wildman–Crippen LogP) is 4.69. The molecule has 0 unspecified atom stereocenters. The van der Waals surface area contributed by atoms with Gasteiger partial charge in [-0.1, -0.05) is 12.1 Å². The van der Waals surface area contributed by atoms with Crippen LogP contribution in [0, 0.1) is 6.92 Å². The SMILES string of the molecule is COc1ccc(-c2cc(C)nc([C@H]3CCCN(C(=O)c4n[nH]c5c4CCCC5)C3)c2)cc1. The lowest BCUT2D eigenvalue weighted by atomic mass is 9.91. The van der Waals surface area contributed by atoms with Crippen LogP contribution in [0.2, 0.25) is 0 Å². The summed E-state index contributed by atoms with van der Waals surface area (Å²) in [5, 5.41) is 7.52. The van der Waals surface area contributed by atoms with Gasteiger partial charge in [0.05, 0.1) is 7.11 Å². The van der Waals surface area contributed by atoms with Crippen molar-refractivity contribution in [2.45, 2.75) is 51.4 Å². The molecule has 1 aliphatic carbocycles. The number of rotatable bonds is 4. The van der Waals surface area contributed by atoms with Gasteiger partial charge in [0.2, 0.25) is 0 Å². The van der Waals surface area contributed by atoms with Gasteiger partial charge >= 0.3 is 0 Å². The van der Waals surface area contributed by atoms with Gasteiger partial charge in [-0.15, -0.1) is 0 Å². The maximum Gasteiger partial charge on any atom is 0.274 e. The van der Waals surface area contributed by atoms with Crippen LogP contribution in [-0.2, 0) is 12.8 Å². The highest BCUT2D eigenvalue weighted by atomic mass is 16.5. The largest absolute Gasteiger partial charge is 0.497 e. The van der Waals surface area contributed by atoms with E-state index in [0.29, 0.717) is 12.2 Å². The molecule has 0 saturated carbocycles. The van der Waals surface area contributed by atoms with Crippen molar-refractivity contribution in [2.24, 2.45) is 0 Å². The van der Waals surface area contributed by atoms with Gasteiger partial charge in [-0.25, -0.2) is 0 Å². The highest BCUT2D eigenvalue weighted by Gasteiger charge is 2.30. The molecule has 6 nitrogen and oxygen atoms in total. The number of methoxy groups -OCH3 is 1. The Morgan fingerprint density at radius 3 is 2.72 bits per heavy atom. The molecular weight excluding hydrogens is 400 g/mol. The van der Waals surface area contributed by atoms with Gasteiger partial charge in [-0.2, -0.15) is 5.10 Å². The Morgan fingerprint density at radius 1 is 1.09 bits per heavy atom. The average molecular weight is 431 g/mol. The summed E-state index contributed by atoms with van der Waals surface area (Å²) >= 11 is 0. The highest BCUT2D eigenvalue weighted by molar-refractivity contribution is 5.94. The van der Waals surface area contributed by atoms with Crippen molar-refractivity contribution in [2.75, 3.05) is 20.2 Å². The summed E-state index contributed by atoms with van der Waals surface area (Å²) in [5.41, 5.74) is 7.29. The van der Waals surface area contributed by atoms with E-state index in [1.165, 1.54) is 6.42 Å². The van der Waals surface area contributed by atoms with Crippen LogP contribution in [0.4, 0.5) is 0 Å². The van der Waals surface area contributed by atoms with Gasteiger partial charge in [0.1, 0.15) is 5.75 Å². The molecule has 1 atom stereocenters. The number of carbonyl (C=O) groups is 1. The van der Waals surface area contributed by atoms with E-state index in [1.54, 1.807) is 7.11 Å². The van der Waals surface area contributed by atoms with Crippen molar-refractivity contribution in [3.05, 3.63) is 64.7 Å². The molecule has 3 aromatic rings. The van der Waals surface area contributed by atoms with E-state index in [4.69, 9.17) is 9.72 Å². The molecule has 0 radical (unpaired) electrons. The van der Waals surface area contributed by atoms with Crippen molar-refractivity contribution in [1.82, 2.24) is 20.1 Å². The fourth-order valence-electron chi connectivity index (χ4n) is 5.06. The first-order valence-electron chi connectivity index (χ1n) is 11.6. The molecule has 1 aliphatic heterocycles. The van der Waals surface area contributed by atoms with E-state index >= 15 is 0 Å². The minimum atomic E-state index is 0.0668. The smallest absolute Gasteiger partial charge is 0.274 e. The minimum absolute atomic E-state index is 0.0668. The van der Waals surface area contributed by atoms with Gasteiger partial charge in [0, 0.05) is 41.7 Å². The third-order valence-electron chi connectivity index (χ3n) is 6.78. The second-order valence-electron chi connectivity index (χ2n) is 8.98. The Balaban J connectivity index is 1.37. The Morgan fingerprint density at radius 2 is 1.91 bits per heavy atom. The Bertz CT molecular complexity index is 1120. The number of aromatic amines is 1. The normalized spacial score (nSPS) is 18.3. The van der Waals surface area contributed by atoms with Crippen molar-refractivity contribution < 1.29 is 9.53 Å². The molecule has 0 spiro atoms.